The predicted octanol–water partition coefficient (Wildman–Crippen LogP) is 8.18. The fourth-order valence-corrected chi connectivity index (χ4v) is 6.91. The van der Waals surface area contributed by atoms with Gasteiger partial charge in [0.15, 0.2) is 11.6 Å². The van der Waals surface area contributed by atoms with Gasteiger partial charge in [-0.25, -0.2) is 18.8 Å². The maximum absolute atomic E-state index is 15.4. The molecule has 15 heteroatoms. The predicted molar refractivity (Wildman–Crippen MR) is 192 cm³/mol. The van der Waals surface area contributed by atoms with Crippen LogP contribution >= 0.6 is 0 Å². The summed E-state index contributed by atoms with van der Waals surface area (Å²) >= 11 is 0. The molecule has 2 atom stereocenters. The summed E-state index contributed by atoms with van der Waals surface area (Å²) in [4.78, 5) is 44.9. The number of fused-ring (bicyclic) bond motifs is 2. The number of esters is 1. The van der Waals surface area contributed by atoms with Crippen molar-refractivity contribution < 1.29 is 50.9 Å². The SMILES string of the molecule is O=C(N[C@@H](Cc1c[nH]c2ccccc12)C(=O)O[C@@H]1CC2(CCN(C(=O)Nc3ccc(OC(F)(F)F)cc3)CC2)Oc2c(F)cccc21)OCc1ccccc1. The first kappa shape index (κ1) is 37.1. The zero-order chi connectivity index (χ0) is 38.6. The smallest absolute Gasteiger partial charge is 0.483 e. The third-order valence-corrected chi connectivity index (χ3v) is 9.67. The van der Waals surface area contributed by atoms with E-state index in [9.17, 15) is 27.6 Å². The van der Waals surface area contributed by atoms with E-state index in [0.29, 0.717) is 5.56 Å². The lowest BCUT2D eigenvalue weighted by molar-refractivity contribution is -0.274. The summed E-state index contributed by atoms with van der Waals surface area (Å²) in [7, 11) is 0. The Balaban J connectivity index is 1.05. The summed E-state index contributed by atoms with van der Waals surface area (Å²) in [5.41, 5.74) is 1.94. The number of hydrogen-bond acceptors (Lipinski definition) is 7. The maximum Gasteiger partial charge on any atom is 0.573 e. The number of nitrogens with zero attached hydrogens (tertiary/aromatic N) is 1. The molecule has 7 rings (SSSR count). The quantitative estimate of drug-likeness (QED) is 0.102. The first-order valence-electron chi connectivity index (χ1n) is 17.6. The fraction of sp³-hybridized carbons (Fsp3) is 0.275. The number of likely N-dealkylation sites (tertiary alicyclic amines) is 1. The van der Waals surface area contributed by atoms with Crippen molar-refractivity contribution >= 4 is 34.7 Å². The Labute approximate surface area is 312 Å². The molecule has 1 spiro atoms. The molecule has 0 aliphatic carbocycles. The Morgan fingerprint density at radius 3 is 2.40 bits per heavy atom. The minimum atomic E-state index is -4.84. The summed E-state index contributed by atoms with van der Waals surface area (Å²) < 4.78 is 74.7. The van der Waals surface area contributed by atoms with Crippen LogP contribution in [0.5, 0.6) is 11.5 Å². The lowest BCUT2D eigenvalue weighted by Gasteiger charge is -2.46. The van der Waals surface area contributed by atoms with Gasteiger partial charge in [0.05, 0.1) is 0 Å². The highest BCUT2D eigenvalue weighted by Crippen LogP contribution is 2.47. The van der Waals surface area contributed by atoms with Gasteiger partial charge in [-0.2, -0.15) is 0 Å². The van der Waals surface area contributed by atoms with Gasteiger partial charge in [0.25, 0.3) is 0 Å². The molecule has 1 saturated heterocycles. The number of anilines is 1. The third-order valence-electron chi connectivity index (χ3n) is 9.67. The average molecular weight is 761 g/mol. The van der Waals surface area contributed by atoms with Gasteiger partial charge in [0.2, 0.25) is 0 Å². The first-order chi connectivity index (χ1) is 26.4. The van der Waals surface area contributed by atoms with E-state index in [1.54, 1.807) is 24.4 Å². The van der Waals surface area contributed by atoms with E-state index in [2.05, 4.69) is 20.4 Å². The van der Waals surface area contributed by atoms with Gasteiger partial charge in [-0.3, -0.25) is 0 Å². The molecule has 0 saturated carbocycles. The fourth-order valence-electron chi connectivity index (χ4n) is 6.91. The van der Waals surface area contributed by atoms with E-state index in [-0.39, 0.29) is 56.8 Å². The molecular formula is C40H36F4N4O7. The number of halogens is 4. The van der Waals surface area contributed by atoms with E-state index in [4.69, 9.17) is 14.2 Å². The van der Waals surface area contributed by atoms with Crippen LogP contribution in [0, 0.1) is 5.82 Å². The highest BCUT2D eigenvalue weighted by Gasteiger charge is 2.47. The Morgan fingerprint density at radius 2 is 1.65 bits per heavy atom. The van der Waals surface area contributed by atoms with Crippen molar-refractivity contribution in [2.45, 2.75) is 56.4 Å². The van der Waals surface area contributed by atoms with Crippen molar-refractivity contribution in [3.8, 4) is 11.5 Å². The van der Waals surface area contributed by atoms with Crippen molar-refractivity contribution in [3.05, 3.63) is 126 Å². The van der Waals surface area contributed by atoms with Crippen LogP contribution in [0.25, 0.3) is 10.9 Å². The number of benzene rings is 4. The molecule has 2 aliphatic rings. The number of alkyl halides is 3. The monoisotopic (exact) mass is 760 g/mol. The molecule has 1 aromatic heterocycles. The Morgan fingerprint density at radius 1 is 0.927 bits per heavy atom. The van der Waals surface area contributed by atoms with E-state index in [1.165, 1.54) is 29.2 Å². The number of carbonyl (C=O) groups excluding carboxylic acids is 3. The van der Waals surface area contributed by atoms with Crippen LogP contribution in [-0.4, -0.2) is 59.1 Å². The Bertz CT molecular complexity index is 2150. The second-order valence-electron chi connectivity index (χ2n) is 13.4. The number of hydrogen-bond donors (Lipinski definition) is 3. The van der Waals surface area contributed by atoms with E-state index in [1.807, 2.05) is 42.5 Å². The van der Waals surface area contributed by atoms with Gasteiger partial charge < -0.3 is 39.5 Å². The van der Waals surface area contributed by atoms with Gasteiger partial charge in [-0.05, 0) is 47.5 Å². The van der Waals surface area contributed by atoms with E-state index >= 15 is 4.39 Å². The van der Waals surface area contributed by atoms with Crippen molar-refractivity contribution in [3.63, 3.8) is 0 Å². The summed E-state index contributed by atoms with van der Waals surface area (Å²) in [6.07, 6.45) is -4.15. The largest absolute Gasteiger partial charge is 0.573 e. The number of amides is 3. The van der Waals surface area contributed by atoms with Crippen molar-refractivity contribution in [2.24, 2.45) is 0 Å². The van der Waals surface area contributed by atoms with Crippen LogP contribution in [0.4, 0.5) is 32.8 Å². The van der Waals surface area contributed by atoms with Crippen molar-refractivity contribution in [1.29, 1.82) is 0 Å². The molecule has 3 heterocycles. The molecule has 5 aromatic rings. The number of aromatic nitrogens is 1. The minimum absolute atomic E-state index is 0.0189. The molecule has 3 amide bonds. The molecule has 1 fully saturated rings. The number of para-hydroxylation sites is 2. The third kappa shape index (κ3) is 8.94. The summed E-state index contributed by atoms with van der Waals surface area (Å²) in [6, 6.07) is 24.1. The van der Waals surface area contributed by atoms with Gasteiger partial charge in [-0.15, -0.1) is 13.2 Å². The van der Waals surface area contributed by atoms with E-state index < -0.39 is 53.8 Å². The molecule has 0 radical (unpaired) electrons. The standard InChI is InChI=1S/C40H36F4N4O7/c41-31-11-6-10-30-34(22-39(55-35(30)31)17-19-48(20-18-39)37(50)46-27-13-15-28(16-14-27)54-40(42,43)44)53-36(49)33(21-26-23-45-32-12-5-4-9-29(26)32)47-38(51)52-24-25-7-2-1-3-8-25/h1-16,23,33-34,45H,17-22,24H2,(H,46,50)(H,47,51)/t33-,34+/m0/s1. The number of ether oxygens (including phenoxy) is 4. The van der Waals surface area contributed by atoms with Crippen LogP contribution in [0.15, 0.2) is 103 Å². The van der Waals surface area contributed by atoms with Crippen LogP contribution in [0.1, 0.15) is 42.1 Å². The maximum atomic E-state index is 15.4. The van der Waals surface area contributed by atoms with Gasteiger partial charge in [0.1, 0.15) is 30.1 Å². The van der Waals surface area contributed by atoms with E-state index in [0.717, 1.165) is 34.2 Å². The number of piperidine rings is 1. The van der Waals surface area contributed by atoms with Crippen molar-refractivity contribution in [2.75, 3.05) is 18.4 Å². The number of carbonyl (C=O) groups is 3. The molecule has 0 unspecified atom stereocenters. The van der Waals surface area contributed by atoms with Gasteiger partial charge >= 0.3 is 24.5 Å². The molecular weight excluding hydrogens is 724 g/mol. The topological polar surface area (TPSA) is 131 Å². The minimum Gasteiger partial charge on any atom is -0.483 e. The summed E-state index contributed by atoms with van der Waals surface area (Å²) in [5, 5.41) is 6.20. The highest BCUT2D eigenvalue weighted by atomic mass is 19.4. The van der Waals surface area contributed by atoms with Gasteiger partial charge in [-0.1, -0.05) is 60.7 Å². The molecule has 286 valence electrons. The lowest BCUT2D eigenvalue weighted by Crippen LogP contribution is -2.53. The molecule has 0 bridgehead atoms. The van der Waals surface area contributed by atoms with Crippen LogP contribution in [0.2, 0.25) is 0 Å². The number of alkyl carbamates (subject to hydrolysis) is 1. The summed E-state index contributed by atoms with van der Waals surface area (Å²) in [5.74, 6) is -1.89. The highest BCUT2D eigenvalue weighted by molar-refractivity contribution is 5.89. The normalized spacial score (nSPS) is 16.7. The zero-order valence-electron chi connectivity index (χ0n) is 29.2. The number of nitrogens with one attached hydrogen (secondary N) is 3. The second kappa shape index (κ2) is 15.6. The van der Waals surface area contributed by atoms with Gasteiger partial charge in [0, 0.05) is 67.1 Å². The second-order valence-corrected chi connectivity index (χ2v) is 13.4. The van der Waals surface area contributed by atoms with Crippen LogP contribution in [-0.2, 0) is 27.3 Å². The Hall–Kier alpha value is -6.25. The van der Waals surface area contributed by atoms with Crippen LogP contribution < -0.4 is 20.1 Å². The molecule has 2 aliphatic heterocycles. The number of H-pyrrole nitrogens is 1. The Kier molecular flexibility index (Phi) is 10.5. The number of rotatable bonds is 9. The van der Waals surface area contributed by atoms with Crippen molar-refractivity contribution in [1.82, 2.24) is 15.2 Å². The molecule has 11 nitrogen and oxygen atoms in total. The number of urea groups is 1. The lowest BCUT2D eigenvalue weighted by atomic mass is 9.81. The molecule has 55 heavy (non-hydrogen) atoms. The zero-order valence-corrected chi connectivity index (χ0v) is 29.2. The first-order valence-corrected chi connectivity index (χ1v) is 17.6. The average Bonchev–Trinajstić information content (AvgIpc) is 3.57. The molecule has 4 aromatic carbocycles. The summed E-state index contributed by atoms with van der Waals surface area (Å²) in [6.45, 7) is 0.349. The molecule has 3 N–H and O–H groups in total. The van der Waals surface area contributed by atoms with Crippen LogP contribution in [0.3, 0.4) is 0 Å². The number of aromatic amines is 1.